The van der Waals surface area contributed by atoms with Gasteiger partial charge in [0.05, 0.1) is 11.5 Å². The molecule has 1 aromatic heterocycles. The van der Waals surface area contributed by atoms with Crippen LogP contribution in [0.3, 0.4) is 0 Å². The van der Waals surface area contributed by atoms with Gasteiger partial charge in [-0.15, -0.1) is 0 Å². The van der Waals surface area contributed by atoms with E-state index in [9.17, 15) is 19.7 Å². The molecule has 0 atom stereocenters. The summed E-state index contributed by atoms with van der Waals surface area (Å²) in [7, 11) is 0. The van der Waals surface area contributed by atoms with Crippen LogP contribution in [0.5, 0.6) is 0 Å². The van der Waals surface area contributed by atoms with Crippen LogP contribution in [0.25, 0.3) is 0 Å². The van der Waals surface area contributed by atoms with Crippen molar-refractivity contribution in [1.29, 1.82) is 0 Å². The number of hydrogen-bond donors (Lipinski definition) is 0. The number of nitro benzene ring substituents is 1. The van der Waals surface area contributed by atoms with E-state index in [1.54, 1.807) is 39.9 Å². The number of nitrogens with zero attached hydrogens (tertiary/aromatic N) is 4. The quantitative estimate of drug-likeness (QED) is 0.470. The van der Waals surface area contributed by atoms with Crippen molar-refractivity contribution in [3.63, 3.8) is 0 Å². The first-order chi connectivity index (χ1) is 15.0. The molecule has 8 heteroatoms. The summed E-state index contributed by atoms with van der Waals surface area (Å²) in [5, 5.41) is 10.8. The van der Waals surface area contributed by atoms with Gasteiger partial charge in [0.25, 0.3) is 17.2 Å². The van der Waals surface area contributed by atoms with Crippen LogP contribution < -0.4 is 10.5 Å². The molecule has 8 nitrogen and oxygen atoms in total. The zero-order chi connectivity index (χ0) is 21.8. The van der Waals surface area contributed by atoms with Crippen molar-refractivity contribution in [1.82, 2.24) is 9.47 Å². The van der Waals surface area contributed by atoms with Crippen molar-refractivity contribution in [2.45, 2.75) is 6.54 Å². The Morgan fingerprint density at radius 1 is 0.903 bits per heavy atom. The molecule has 0 radical (unpaired) electrons. The zero-order valence-electron chi connectivity index (χ0n) is 16.9. The molecule has 158 valence electrons. The molecule has 0 bridgehead atoms. The standard InChI is InChI=1S/C23H22N4O4/c28-22(21-7-4-12-26(23(21)29)17-18-5-2-1-3-6-18)25-15-13-24(14-16-25)19-8-10-20(11-9-19)27(30)31/h1-12H,13-17H2. The first kappa shape index (κ1) is 20.3. The third kappa shape index (κ3) is 4.48. The lowest BCUT2D eigenvalue weighted by molar-refractivity contribution is -0.384. The van der Waals surface area contributed by atoms with Gasteiger partial charge in [0, 0.05) is 50.2 Å². The number of pyridine rings is 1. The van der Waals surface area contributed by atoms with Gasteiger partial charge in [0.2, 0.25) is 0 Å². The SMILES string of the molecule is O=C(c1cccn(Cc2ccccc2)c1=O)N1CCN(c2ccc([N+](=O)[O-])cc2)CC1. The number of carbonyl (C=O) groups is 1. The van der Waals surface area contributed by atoms with E-state index >= 15 is 0 Å². The molecule has 2 heterocycles. The first-order valence-electron chi connectivity index (χ1n) is 10.0. The molecule has 0 aliphatic carbocycles. The topological polar surface area (TPSA) is 88.7 Å². The van der Waals surface area contributed by atoms with Gasteiger partial charge in [-0.25, -0.2) is 0 Å². The predicted octanol–water partition coefficient (Wildman–Crippen LogP) is 2.77. The second kappa shape index (κ2) is 8.83. The minimum absolute atomic E-state index is 0.0495. The van der Waals surface area contributed by atoms with Gasteiger partial charge in [-0.2, -0.15) is 0 Å². The number of nitro groups is 1. The largest absolute Gasteiger partial charge is 0.368 e. The highest BCUT2D eigenvalue weighted by atomic mass is 16.6. The van der Waals surface area contributed by atoms with Crippen molar-refractivity contribution < 1.29 is 9.72 Å². The lowest BCUT2D eigenvalue weighted by Crippen LogP contribution is -2.49. The smallest absolute Gasteiger partial charge is 0.269 e. The Labute approximate surface area is 179 Å². The second-order valence-electron chi connectivity index (χ2n) is 7.39. The average molecular weight is 418 g/mol. The summed E-state index contributed by atoms with van der Waals surface area (Å²) in [5.74, 6) is -0.268. The molecule has 0 unspecified atom stereocenters. The van der Waals surface area contributed by atoms with Gasteiger partial charge >= 0.3 is 0 Å². The lowest BCUT2D eigenvalue weighted by Gasteiger charge is -2.36. The van der Waals surface area contributed by atoms with E-state index < -0.39 is 4.92 Å². The number of benzene rings is 2. The third-order valence-electron chi connectivity index (χ3n) is 5.44. The minimum atomic E-state index is -0.426. The number of non-ortho nitro benzene ring substituents is 1. The van der Waals surface area contributed by atoms with Crippen LogP contribution in [0.2, 0.25) is 0 Å². The van der Waals surface area contributed by atoms with Crippen molar-refractivity contribution in [2.75, 3.05) is 31.1 Å². The number of carbonyl (C=O) groups excluding carboxylic acids is 1. The number of amides is 1. The van der Waals surface area contributed by atoms with Gasteiger partial charge in [0.15, 0.2) is 0 Å². The molecule has 1 saturated heterocycles. The Hall–Kier alpha value is -3.94. The second-order valence-corrected chi connectivity index (χ2v) is 7.39. The maximum Gasteiger partial charge on any atom is 0.269 e. The van der Waals surface area contributed by atoms with E-state index in [2.05, 4.69) is 4.90 Å². The van der Waals surface area contributed by atoms with Crippen molar-refractivity contribution in [3.05, 3.63) is 105 Å². The van der Waals surface area contributed by atoms with Crippen LogP contribution in [0.15, 0.2) is 77.7 Å². The molecule has 31 heavy (non-hydrogen) atoms. The number of anilines is 1. The van der Waals surface area contributed by atoms with E-state index in [0.717, 1.165) is 11.3 Å². The number of hydrogen-bond acceptors (Lipinski definition) is 5. The molecule has 4 rings (SSSR count). The predicted molar refractivity (Wildman–Crippen MR) is 117 cm³/mol. The van der Waals surface area contributed by atoms with Gasteiger partial charge in [-0.3, -0.25) is 19.7 Å². The van der Waals surface area contributed by atoms with Gasteiger partial charge in [0.1, 0.15) is 5.56 Å². The monoisotopic (exact) mass is 418 g/mol. The number of piperazine rings is 1. The fourth-order valence-electron chi connectivity index (χ4n) is 3.73. The van der Waals surface area contributed by atoms with Crippen molar-refractivity contribution in [2.24, 2.45) is 0 Å². The fourth-order valence-corrected chi connectivity index (χ4v) is 3.73. The Morgan fingerprint density at radius 3 is 2.23 bits per heavy atom. The Balaban J connectivity index is 1.43. The van der Waals surface area contributed by atoms with Crippen molar-refractivity contribution in [3.8, 4) is 0 Å². The maximum absolute atomic E-state index is 13.0. The summed E-state index contributed by atoms with van der Waals surface area (Å²) < 4.78 is 1.55. The minimum Gasteiger partial charge on any atom is -0.368 e. The highest BCUT2D eigenvalue weighted by Gasteiger charge is 2.24. The summed E-state index contributed by atoms with van der Waals surface area (Å²) >= 11 is 0. The highest BCUT2D eigenvalue weighted by molar-refractivity contribution is 5.94. The molecule has 0 spiro atoms. The number of rotatable bonds is 5. The normalized spacial score (nSPS) is 13.8. The third-order valence-corrected chi connectivity index (χ3v) is 5.44. The van der Waals surface area contributed by atoms with Gasteiger partial charge in [-0.1, -0.05) is 30.3 Å². The van der Waals surface area contributed by atoms with Crippen LogP contribution in [0.1, 0.15) is 15.9 Å². The van der Waals surface area contributed by atoms with Crippen LogP contribution >= 0.6 is 0 Å². The summed E-state index contributed by atoms with van der Waals surface area (Å²) in [6, 6.07) is 19.3. The van der Waals surface area contributed by atoms with Gasteiger partial charge in [-0.05, 0) is 29.8 Å². The van der Waals surface area contributed by atoms with E-state index in [1.165, 1.54) is 12.1 Å². The molecule has 1 amide bonds. The zero-order valence-corrected chi connectivity index (χ0v) is 16.9. The lowest BCUT2D eigenvalue weighted by atomic mass is 10.2. The Kier molecular flexibility index (Phi) is 5.79. The van der Waals surface area contributed by atoms with Crippen molar-refractivity contribution >= 4 is 17.3 Å². The Morgan fingerprint density at radius 2 is 1.58 bits per heavy atom. The summed E-state index contributed by atoms with van der Waals surface area (Å²) in [5.41, 5.74) is 1.79. The van der Waals surface area contributed by atoms with E-state index in [4.69, 9.17) is 0 Å². The summed E-state index contributed by atoms with van der Waals surface area (Å²) in [6.07, 6.45) is 1.69. The molecule has 2 aromatic carbocycles. The fraction of sp³-hybridized carbons (Fsp3) is 0.217. The molecule has 0 saturated carbocycles. The molecule has 1 fully saturated rings. The van der Waals surface area contributed by atoms with Crippen LogP contribution in [0, 0.1) is 10.1 Å². The maximum atomic E-state index is 13.0. The molecular weight excluding hydrogens is 396 g/mol. The Bertz CT molecular complexity index is 1130. The van der Waals surface area contributed by atoms with E-state index in [-0.39, 0.29) is 22.7 Å². The molecule has 0 N–H and O–H groups in total. The van der Waals surface area contributed by atoms with E-state index in [0.29, 0.717) is 32.7 Å². The summed E-state index contributed by atoms with van der Waals surface area (Å²) in [6.45, 7) is 2.55. The van der Waals surface area contributed by atoms with Crippen LogP contribution in [-0.2, 0) is 6.54 Å². The summed E-state index contributed by atoms with van der Waals surface area (Å²) in [4.78, 5) is 40.0. The molecular formula is C23H22N4O4. The highest BCUT2D eigenvalue weighted by Crippen LogP contribution is 2.21. The molecule has 3 aromatic rings. The average Bonchev–Trinajstić information content (AvgIpc) is 2.81. The number of aromatic nitrogens is 1. The molecule has 1 aliphatic heterocycles. The van der Waals surface area contributed by atoms with E-state index in [1.807, 2.05) is 30.3 Å². The van der Waals surface area contributed by atoms with Gasteiger partial charge < -0.3 is 14.4 Å². The first-order valence-corrected chi connectivity index (χ1v) is 10.0. The van der Waals surface area contributed by atoms with Crippen LogP contribution in [-0.4, -0.2) is 46.5 Å². The molecule has 1 aliphatic rings. The van der Waals surface area contributed by atoms with Crippen LogP contribution in [0.4, 0.5) is 11.4 Å².